The lowest BCUT2D eigenvalue weighted by molar-refractivity contribution is -0.00177. The number of halogens is 1. The molecule has 0 saturated carbocycles. The number of primary amides is 1. The van der Waals surface area contributed by atoms with Crippen LogP contribution in [0.5, 0.6) is 0 Å². The molecule has 11 nitrogen and oxygen atoms in total. The predicted octanol–water partition coefficient (Wildman–Crippen LogP) is 2.34. The van der Waals surface area contributed by atoms with Crippen molar-refractivity contribution >= 4 is 28.8 Å². The number of hydrogen-bond donors (Lipinski definition) is 4. The molecule has 12 heteroatoms. The summed E-state index contributed by atoms with van der Waals surface area (Å²) in [6.07, 6.45) is 4.08. The van der Waals surface area contributed by atoms with Gasteiger partial charge in [-0.15, -0.1) is 0 Å². The number of nitrogens with two attached hydrogens (primary N) is 1. The fraction of sp³-hybridized carbons (Fsp3) is 0.200. The van der Waals surface area contributed by atoms with Crippen molar-refractivity contribution in [2.24, 2.45) is 5.73 Å². The highest BCUT2D eigenvalue weighted by atomic mass is 19.1. The molecule has 3 heterocycles. The molecule has 0 fully saturated rings. The Labute approximate surface area is 210 Å². The van der Waals surface area contributed by atoms with Gasteiger partial charge in [-0.25, -0.2) is 13.9 Å². The van der Waals surface area contributed by atoms with E-state index in [4.69, 9.17) is 11.0 Å². The van der Waals surface area contributed by atoms with E-state index in [1.54, 1.807) is 24.3 Å². The maximum Gasteiger partial charge on any atom is 0.255 e. The largest absolute Gasteiger partial charge is 0.387 e. The number of aliphatic hydroxyl groups is 1. The number of carbonyl (C=O) groups is 2. The molecule has 4 rings (SSSR count). The lowest BCUT2D eigenvalue weighted by Gasteiger charge is -2.22. The predicted molar refractivity (Wildman–Crippen MR) is 133 cm³/mol. The fourth-order valence-corrected chi connectivity index (χ4v) is 3.43. The van der Waals surface area contributed by atoms with Crippen molar-refractivity contribution in [3.8, 4) is 17.3 Å². The molecule has 37 heavy (non-hydrogen) atoms. The van der Waals surface area contributed by atoms with Crippen molar-refractivity contribution in [3.63, 3.8) is 0 Å². The normalized spacial score (nSPS) is 12.1. The number of amides is 2. The van der Waals surface area contributed by atoms with Crippen molar-refractivity contribution in [2.45, 2.75) is 25.6 Å². The van der Waals surface area contributed by atoms with Gasteiger partial charge >= 0.3 is 0 Å². The van der Waals surface area contributed by atoms with E-state index in [2.05, 4.69) is 25.7 Å². The van der Waals surface area contributed by atoms with Crippen LogP contribution in [0.4, 0.5) is 15.8 Å². The number of benzene rings is 1. The molecule has 188 valence electrons. The number of carbonyl (C=O) groups excluding carboxylic acids is 2. The van der Waals surface area contributed by atoms with Crippen LogP contribution in [0.25, 0.3) is 16.9 Å². The van der Waals surface area contributed by atoms with E-state index in [0.717, 1.165) is 0 Å². The number of fused-ring (bicyclic) bond motifs is 1. The average Bonchev–Trinajstić information content (AvgIpc) is 3.29. The summed E-state index contributed by atoms with van der Waals surface area (Å²) in [5, 5.41) is 28.7. The first-order chi connectivity index (χ1) is 17.6. The van der Waals surface area contributed by atoms with E-state index >= 15 is 0 Å². The van der Waals surface area contributed by atoms with Gasteiger partial charge in [0.05, 0.1) is 52.6 Å². The Morgan fingerprint density at radius 1 is 1.24 bits per heavy atom. The zero-order chi connectivity index (χ0) is 26.7. The Balaban J connectivity index is 1.73. The van der Waals surface area contributed by atoms with E-state index < -0.39 is 30.1 Å². The Morgan fingerprint density at radius 2 is 2.03 bits per heavy atom. The number of rotatable bonds is 8. The molecule has 2 amide bonds. The minimum Gasteiger partial charge on any atom is -0.387 e. The van der Waals surface area contributed by atoms with E-state index in [1.165, 1.54) is 49.2 Å². The standard InChI is InChI=1S/C25H23FN8O3/c1-25(2,37)21(26)12-31-24(36)18-10-29-19(17-11-32-34-13-14(8-27)9-30-23(17)34)7-20(18)33-16-5-3-4-15(6-16)22(28)35/h3-7,9-11,13,21,37H,12H2,1-2H3,(H2,28,35)(H,29,33)(H,31,36). The van der Waals surface area contributed by atoms with Gasteiger partial charge in [0.2, 0.25) is 5.91 Å². The molecule has 0 radical (unpaired) electrons. The van der Waals surface area contributed by atoms with Gasteiger partial charge in [0.25, 0.3) is 5.91 Å². The molecular formula is C25H23FN8O3. The first-order valence-electron chi connectivity index (χ1n) is 11.1. The molecule has 0 aliphatic carbocycles. The van der Waals surface area contributed by atoms with Crippen molar-refractivity contribution in [1.82, 2.24) is 24.9 Å². The highest BCUT2D eigenvalue weighted by Gasteiger charge is 2.27. The molecule has 5 N–H and O–H groups in total. The van der Waals surface area contributed by atoms with Gasteiger partial charge < -0.3 is 21.5 Å². The monoisotopic (exact) mass is 502 g/mol. The van der Waals surface area contributed by atoms with Crippen molar-refractivity contribution < 1.29 is 19.1 Å². The van der Waals surface area contributed by atoms with Crippen LogP contribution in [0.15, 0.2) is 55.1 Å². The average molecular weight is 503 g/mol. The number of nitrogens with zero attached hydrogens (tertiary/aromatic N) is 5. The van der Waals surface area contributed by atoms with Crippen LogP contribution >= 0.6 is 0 Å². The third kappa shape index (κ3) is 5.52. The summed E-state index contributed by atoms with van der Waals surface area (Å²) in [5.74, 6) is -1.25. The molecule has 1 atom stereocenters. The zero-order valence-corrected chi connectivity index (χ0v) is 19.9. The Bertz CT molecular complexity index is 1540. The van der Waals surface area contributed by atoms with E-state index in [1.807, 2.05) is 6.07 Å². The molecule has 0 spiro atoms. The number of nitrogens with one attached hydrogen (secondary N) is 2. The molecule has 4 aromatic rings. The van der Waals surface area contributed by atoms with Gasteiger partial charge in [0.15, 0.2) is 5.65 Å². The molecule has 0 saturated heterocycles. The summed E-state index contributed by atoms with van der Waals surface area (Å²) in [5.41, 5.74) is 6.60. The molecule has 0 bridgehead atoms. The topological polar surface area (TPSA) is 171 Å². The first kappa shape index (κ1) is 25.2. The summed E-state index contributed by atoms with van der Waals surface area (Å²) < 4.78 is 15.7. The number of alkyl halides is 1. The highest BCUT2D eigenvalue weighted by Crippen LogP contribution is 2.28. The lowest BCUT2D eigenvalue weighted by atomic mass is 10.0. The number of pyridine rings is 1. The second-order valence-corrected chi connectivity index (χ2v) is 8.80. The van der Waals surface area contributed by atoms with Crippen LogP contribution in [0.1, 0.15) is 40.1 Å². The zero-order valence-electron chi connectivity index (χ0n) is 19.9. The van der Waals surface area contributed by atoms with Gasteiger partial charge in [-0.2, -0.15) is 10.4 Å². The Hall–Kier alpha value is -4.89. The van der Waals surface area contributed by atoms with E-state index in [-0.39, 0.29) is 11.1 Å². The lowest BCUT2D eigenvalue weighted by Crippen LogP contribution is -2.42. The Kier molecular flexibility index (Phi) is 6.81. The van der Waals surface area contributed by atoms with Gasteiger partial charge in [-0.05, 0) is 38.1 Å². The van der Waals surface area contributed by atoms with Crippen LogP contribution in [-0.4, -0.2) is 54.8 Å². The first-order valence-corrected chi connectivity index (χ1v) is 11.1. The highest BCUT2D eigenvalue weighted by molar-refractivity contribution is 6.01. The molecule has 1 aromatic carbocycles. The summed E-state index contributed by atoms with van der Waals surface area (Å²) >= 11 is 0. The maximum atomic E-state index is 14.2. The number of aromatic nitrogens is 4. The smallest absolute Gasteiger partial charge is 0.255 e. The summed E-state index contributed by atoms with van der Waals surface area (Å²) in [6, 6.07) is 9.97. The van der Waals surface area contributed by atoms with Crippen LogP contribution < -0.4 is 16.4 Å². The van der Waals surface area contributed by atoms with Gasteiger partial charge in [-0.3, -0.25) is 14.6 Å². The quantitative estimate of drug-likeness (QED) is 0.284. The molecule has 0 aliphatic heterocycles. The van der Waals surface area contributed by atoms with E-state index in [9.17, 15) is 19.1 Å². The number of anilines is 2. The van der Waals surface area contributed by atoms with Crippen molar-refractivity contribution in [3.05, 3.63) is 71.8 Å². The third-order valence-corrected chi connectivity index (χ3v) is 5.54. The second-order valence-electron chi connectivity index (χ2n) is 8.80. The van der Waals surface area contributed by atoms with Gasteiger partial charge in [-0.1, -0.05) is 6.07 Å². The number of nitriles is 1. The SMILES string of the molecule is CC(C)(O)C(F)CNC(=O)c1cnc(-c2cnn3cc(C#N)cnc23)cc1Nc1cccc(C(N)=O)c1. The third-order valence-electron chi connectivity index (χ3n) is 5.54. The minimum atomic E-state index is -1.70. The van der Waals surface area contributed by atoms with Crippen LogP contribution in [0, 0.1) is 11.3 Å². The van der Waals surface area contributed by atoms with Crippen LogP contribution in [-0.2, 0) is 0 Å². The van der Waals surface area contributed by atoms with E-state index in [0.29, 0.717) is 33.8 Å². The van der Waals surface area contributed by atoms with Crippen molar-refractivity contribution in [1.29, 1.82) is 5.26 Å². The summed E-state index contributed by atoms with van der Waals surface area (Å²) in [6.45, 7) is 2.20. The van der Waals surface area contributed by atoms with Gasteiger partial charge in [0.1, 0.15) is 12.2 Å². The maximum absolute atomic E-state index is 14.2. The molecule has 0 aliphatic rings. The minimum absolute atomic E-state index is 0.0902. The van der Waals surface area contributed by atoms with Crippen molar-refractivity contribution in [2.75, 3.05) is 11.9 Å². The van der Waals surface area contributed by atoms with Gasteiger partial charge in [0, 0.05) is 23.6 Å². The fourth-order valence-electron chi connectivity index (χ4n) is 3.43. The summed E-state index contributed by atoms with van der Waals surface area (Å²) in [4.78, 5) is 33.3. The Morgan fingerprint density at radius 3 is 2.73 bits per heavy atom. The number of hydrogen-bond acceptors (Lipinski definition) is 8. The van der Waals surface area contributed by atoms with Crippen LogP contribution in [0.3, 0.4) is 0 Å². The second kappa shape index (κ2) is 10.00. The molecule has 1 unspecified atom stereocenters. The molecular weight excluding hydrogens is 479 g/mol. The van der Waals surface area contributed by atoms with Crippen LogP contribution in [0.2, 0.25) is 0 Å². The summed E-state index contributed by atoms with van der Waals surface area (Å²) in [7, 11) is 0. The molecule has 3 aromatic heterocycles.